The Bertz CT molecular complexity index is 1010. The van der Waals surface area contributed by atoms with Crippen LogP contribution in [0.25, 0.3) is 17.5 Å². The van der Waals surface area contributed by atoms with Crippen LogP contribution < -0.4 is 10.2 Å². The zero-order valence-electron chi connectivity index (χ0n) is 16.9. The first-order valence-electron chi connectivity index (χ1n) is 9.45. The van der Waals surface area contributed by atoms with Crippen molar-refractivity contribution in [3.8, 4) is 17.1 Å². The molecule has 1 N–H and O–H groups in total. The third-order valence-electron chi connectivity index (χ3n) is 4.15. The summed E-state index contributed by atoms with van der Waals surface area (Å²) < 4.78 is 7.17. The maximum atomic E-state index is 12.1. The summed E-state index contributed by atoms with van der Waals surface area (Å²) in [6.07, 6.45) is 5.23. The van der Waals surface area contributed by atoms with Gasteiger partial charge in [0.25, 0.3) is 5.91 Å². The number of aromatic nitrogens is 3. The van der Waals surface area contributed by atoms with Crippen molar-refractivity contribution in [1.29, 1.82) is 0 Å². The third kappa shape index (κ3) is 5.81. The number of nitrogens with one attached hydrogen (secondary N) is 1. The summed E-state index contributed by atoms with van der Waals surface area (Å²) in [5.74, 6) is 1.53. The monoisotopic (exact) mass is 421 g/mol. The fourth-order valence-electron chi connectivity index (χ4n) is 2.67. The van der Waals surface area contributed by atoms with Gasteiger partial charge in [0.1, 0.15) is 5.75 Å². The van der Waals surface area contributed by atoms with Gasteiger partial charge in [0, 0.05) is 18.3 Å². The van der Waals surface area contributed by atoms with Crippen molar-refractivity contribution in [2.75, 3.05) is 12.9 Å². The number of methoxy groups -OCH3 is 1. The fraction of sp³-hybridized carbons (Fsp3) is 0.182. The molecule has 1 aromatic heterocycles. The summed E-state index contributed by atoms with van der Waals surface area (Å²) in [5.41, 5.74) is 4.52. The molecule has 0 aliphatic heterocycles. The molecule has 154 valence electrons. The quantitative estimate of drug-likeness (QED) is 0.322. The lowest BCUT2D eigenvalue weighted by Gasteiger charge is -2.07. The van der Waals surface area contributed by atoms with E-state index in [0.717, 1.165) is 22.7 Å². The maximum absolute atomic E-state index is 12.1. The highest BCUT2D eigenvalue weighted by molar-refractivity contribution is 7.99. The predicted molar refractivity (Wildman–Crippen MR) is 121 cm³/mol. The van der Waals surface area contributed by atoms with Crippen molar-refractivity contribution in [3.05, 3.63) is 66.2 Å². The van der Waals surface area contributed by atoms with E-state index in [0.29, 0.717) is 11.7 Å². The Kier molecular flexibility index (Phi) is 7.79. The number of hydrogen-bond acceptors (Lipinski definition) is 6. The number of hydrogen-bond donors (Lipinski definition) is 1. The second-order valence-corrected chi connectivity index (χ2v) is 7.09. The van der Waals surface area contributed by atoms with Gasteiger partial charge in [-0.2, -0.15) is 5.10 Å². The van der Waals surface area contributed by atoms with Crippen molar-refractivity contribution in [2.24, 2.45) is 5.10 Å². The zero-order chi connectivity index (χ0) is 21.2. The number of benzene rings is 2. The summed E-state index contributed by atoms with van der Waals surface area (Å²) in [4.78, 5) is 12.1. The summed E-state index contributed by atoms with van der Waals surface area (Å²) in [7, 11) is 1.63. The second-order valence-electron chi connectivity index (χ2n) is 6.15. The van der Waals surface area contributed by atoms with Crippen molar-refractivity contribution in [2.45, 2.75) is 18.6 Å². The Morgan fingerprint density at radius 2 is 1.93 bits per heavy atom. The van der Waals surface area contributed by atoms with Crippen LogP contribution in [-0.2, 0) is 11.3 Å². The molecule has 7 nitrogen and oxygen atoms in total. The van der Waals surface area contributed by atoms with Crippen LogP contribution in [0.2, 0.25) is 0 Å². The number of allylic oxidation sites excluding steroid dienone is 1. The van der Waals surface area contributed by atoms with Gasteiger partial charge in [0.15, 0.2) is 11.0 Å². The van der Waals surface area contributed by atoms with Gasteiger partial charge >= 0.3 is 0 Å². The van der Waals surface area contributed by atoms with Crippen molar-refractivity contribution in [1.82, 2.24) is 20.2 Å². The second kappa shape index (κ2) is 11.0. The minimum atomic E-state index is -0.207. The molecule has 2 aromatic carbocycles. The van der Waals surface area contributed by atoms with Crippen LogP contribution in [0, 0.1) is 0 Å². The maximum Gasteiger partial charge on any atom is 0.250 e. The Balaban J connectivity index is 1.53. The molecule has 0 aliphatic rings. The van der Waals surface area contributed by atoms with Crippen LogP contribution in [0.5, 0.6) is 5.75 Å². The lowest BCUT2D eigenvalue weighted by Crippen LogP contribution is -2.19. The summed E-state index contributed by atoms with van der Waals surface area (Å²) in [5, 5.41) is 13.1. The van der Waals surface area contributed by atoms with E-state index in [-0.39, 0.29) is 11.7 Å². The number of ether oxygens (including phenoxy) is 1. The molecule has 0 unspecified atom stereocenters. The van der Waals surface area contributed by atoms with Crippen molar-refractivity contribution < 1.29 is 9.53 Å². The number of carbonyl (C=O) groups excluding carboxylic acids is 1. The van der Waals surface area contributed by atoms with E-state index in [9.17, 15) is 4.79 Å². The number of thioether (sulfide) groups is 1. The fourth-order valence-corrected chi connectivity index (χ4v) is 3.46. The highest BCUT2D eigenvalue weighted by Gasteiger charge is 2.14. The first kappa shape index (κ1) is 21.3. The van der Waals surface area contributed by atoms with Gasteiger partial charge in [0.05, 0.1) is 12.9 Å². The SMILES string of the molecule is CCn1c(SCC(=O)N/N=C\C=C\c2ccccc2)nnc1-c1ccc(OC)cc1. The summed E-state index contributed by atoms with van der Waals surface area (Å²) in [6, 6.07) is 17.5. The first-order chi connectivity index (χ1) is 14.7. The Labute approximate surface area is 179 Å². The first-order valence-corrected chi connectivity index (χ1v) is 10.4. The van der Waals surface area contributed by atoms with Gasteiger partial charge < -0.3 is 9.30 Å². The van der Waals surface area contributed by atoms with Crippen molar-refractivity contribution in [3.63, 3.8) is 0 Å². The Morgan fingerprint density at radius 1 is 1.17 bits per heavy atom. The standard InChI is InChI=1S/C22H23N5O2S/c1-3-27-21(18-11-13-19(29-2)14-12-18)25-26-22(27)30-16-20(28)24-23-15-7-10-17-8-5-4-6-9-17/h4-15H,3,16H2,1-2H3,(H,24,28)/b10-7+,23-15-. The molecule has 3 rings (SSSR count). The van der Waals surface area contributed by atoms with Gasteiger partial charge in [-0.1, -0.05) is 48.2 Å². The average molecular weight is 422 g/mol. The van der Waals surface area contributed by atoms with Gasteiger partial charge in [-0.15, -0.1) is 10.2 Å². The van der Waals surface area contributed by atoms with E-state index in [2.05, 4.69) is 20.7 Å². The molecule has 0 fully saturated rings. The molecule has 0 aliphatic carbocycles. The topological polar surface area (TPSA) is 81.4 Å². The molecule has 8 heteroatoms. The number of rotatable bonds is 9. The minimum Gasteiger partial charge on any atom is -0.497 e. The summed E-state index contributed by atoms with van der Waals surface area (Å²) >= 11 is 1.32. The van der Waals surface area contributed by atoms with Crippen LogP contribution in [-0.4, -0.2) is 39.7 Å². The number of nitrogens with zero attached hydrogens (tertiary/aromatic N) is 4. The molecular formula is C22H23N5O2S. The molecule has 0 spiro atoms. The van der Waals surface area contributed by atoms with Crippen LogP contribution in [0.1, 0.15) is 12.5 Å². The van der Waals surface area contributed by atoms with E-state index < -0.39 is 0 Å². The normalized spacial score (nSPS) is 11.3. The highest BCUT2D eigenvalue weighted by Crippen LogP contribution is 2.25. The molecule has 1 amide bonds. The number of carbonyl (C=O) groups is 1. The number of amides is 1. The van der Waals surface area contributed by atoms with Gasteiger partial charge in [-0.25, -0.2) is 5.43 Å². The van der Waals surface area contributed by atoms with E-state index in [4.69, 9.17) is 4.74 Å². The van der Waals surface area contributed by atoms with Gasteiger partial charge in [-0.3, -0.25) is 4.79 Å². The number of hydrazone groups is 1. The van der Waals surface area contributed by atoms with E-state index >= 15 is 0 Å². The van der Waals surface area contributed by atoms with Crippen molar-refractivity contribution >= 4 is 30.0 Å². The van der Waals surface area contributed by atoms with Crippen LogP contribution >= 0.6 is 11.8 Å². The van der Waals surface area contributed by atoms with Gasteiger partial charge in [0.2, 0.25) is 0 Å². The van der Waals surface area contributed by atoms with E-state index in [1.807, 2.05) is 72.2 Å². The van der Waals surface area contributed by atoms with Crippen LogP contribution in [0.4, 0.5) is 0 Å². The molecule has 0 saturated heterocycles. The van der Waals surface area contributed by atoms with Crippen LogP contribution in [0.3, 0.4) is 0 Å². The summed E-state index contributed by atoms with van der Waals surface area (Å²) in [6.45, 7) is 2.71. The van der Waals surface area contributed by atoms with E-state index in [1.165, 1.54) is 11.8 Å². The highest BCUT2D eigenvalue weighted by atomic mass is 32.2. The third-order valence-corrected chi connectivity index (χ3v) is 5.12. The minimum absolute atomic E-state index is 0.195. The molecule has 0 radical (unpaired) electrons. The molecule has 0 bridgehead atoms. The largest absolute Gasteiger partial charge is 0.497 e. The smallest absolute Gasteiger partial charge is 0.250 e. The molecule has 1 heterocycles. The molecule has 3 aromatic rings. The zero-order valence-corrected chi connectivity index (χ0v) is 17.7. The molecule has 0 saturated carbocycles. The average Bonchev–Trinajstić information content (AvgIpc) is 3.21. The molecule has 0 atom stereocenters. The molecule has 30 heavy (non-hydrogen) atoms. The molecular weight excluding hydrogens is 398 g/mol. The predicted octanol–water partition coefficient (Wildman–Crippen LogP) is 3.88. The van der Waals surface area contributed by atoms with Crippen LogP contribution in [0.15, 0.2) is 70.9 Å². The Hall–Kier alpha value is -3.39. The lowest BCUT2D eigenvalue weighted by atomic mass is 10.2. The lowest BCUT2D eigenvalue weighted by molar-refractivity contribution is -0.118. The van der Waals surface area contributed by atoms with Gasteiger partial charge in [-0.05, 0) is 42.8 Å². The van der Waals surface area contributed by atoms with E-state index in [1.54, 1.807) is 19.4 Å². The Morgan fingerprint density at radius 3 is 2.63 bits per heavy atom.